The minimum atomic E-state index is -0.0519. The van der Waals surface area contributed by atoms with Crippen LogP contribution in [0.5, 0.6) is 5.75 Å². The van der Waals surface area contributed by atoms with Crippen molar-refractivity contribution in [3.05, 3.63) is 22.8 Å². The largest absolute Gasteiger partial charge is 0.495 e. The third-order valence-electron chi connectivity index (χ3n) is 2.65. The summed E-state index contributed by atoms with van der Waals surface area (Å²) in [7, 11) is 1.52. The van der Waals surface area contributed by atoms with E-state index in [1.165, 1.54) is 7.11 Å². The van der Waals surface area contributed by atoms with Gasteiger partial charge in [-0.2, -0.15) is 0 Å². The maximum absolute atomic E-state index is 11.7. The molecule has 0 atom stereocenters. The Balaban J connectivity index is 2.25. The van der Waals surface area contributed by atoms with E-state index in [2.05, 4.69) is 5.16 Å². The van der Waals surface area contributed by atoms with Gasteiger partial charge in [0.05, 0.1) is 24.2 Å². The fraction of sp³-hybridized carbons (Fsp3) is 0.385. The van der Waals surface area contributed by atoms with Crippen molar-refractivity contribution in [2.24, 2.45) is 0 Å². The monoisotopic (exact) mass is 283 g/mol. The van der Waals surface area contributed by atoms with E-state index in [0.717, 1.165) is 5.39 Å². The van der Waals surface area contributed by atoms with E-state index in [4.69, 9.17) is 25.6 Å². The summed E-state index contributed by atoms with van der Waals surface area (Å²) >= 11 is 6.05. The van der Waals surface area contributed by atoms with E-state index >= 15 is 0 Å². The Morgan fingerprint density at radius 2 is 2.26 bits per heavy atom. The molecule has 0 spiro atoms. The van der Waals surface area contributed by atoms with E-state index in [0.29, 0.717) is 28.7 Å². The third-order valence-corrected chi connectivity index (χ3v) is 2.95. The molecule has 0 aliphatic rings. The number of Topliss-reactive ketones (excluding diaryl/α,β-unsaturated/α-hetero) is 1. The van der Waals surface area contributed by atoms with Gasteiger partial charge in [-0.25, -0.2) is 0 Å². The first kappa shape index (κ1) is 13.8. The molecular weight excluding hydrogens is 270 g/mol. The minimum absolute atomic E-state index is 0.0519. The van der Waals surface area contributed by atoms with Crippen molar-refractivity contribution in [3.8, 4) is 5.75 Å². The van der Waals surface area contributed by atoms with Crippen molar-refractivity contribution in [1.82, 2.24) is 5.16 Å². The molecule has 1 aromatic carbocycles. The van der Waals surface area contributed by atoms with Gasteiger partial charge in [0.15, 0.2) is 11.4 Å². The molecule has 0 aliphatic carbocycles. The predicted molar refractivity (Wildman–Crippen MR) is 70.8 cm³/mol. The zero-order chi connectivity index (χ0) is 13.8. The van der Waals surface area contributed by atoms with Crippen LogP contribution >= 0.6 is 11.6 Å². The van der Waals surface area contributed by atoms with Crippen LogP contribution in [0.25, 0.3) is 11.0 Å². The Morgan fingerprint density at radius 1 is 1.47 bits per heavy atom. The zero-order valence-electron chi connectivity index (χ0n) is 10.7. The third kappa shape index (κ3) is 3.05. The molecule has 0 unspecified atom stereocenters. The summed E-state index contributed by atoms with van der Waals surface area (Å²) in [5, 5.41) is 5.07. The number of aromatic nitrogens is 1. The Morgan fingerprint density at radius 3 is 2.95 bits per heavy atom. The average molecular weight is 284 g/mol. The summed E-state index contributed by atoms with van der Waals surface area (Å²) in [5.41, 5.74) is 1.10. The molecule has 6 heteroatoms. The van der Waals surface area contributed by atoms with Crippen LogP contribution in [-0.2, 0) is 16.0 Å². The van der Waals surface area contributed by atoms with Crippen molar-refractivity contribution in [2.75, 3.05) is 20.3 Å². The number of halogens is 1. The van der Waals surface area contributed by atoms with E-state index < -0.39 is 0 Å². The van der Waals surface area contributed by atoms with Crippen molar-refractivity contribution in [1.29, 1.82) is 0 Å². The summed E-state index contributed by atoms with van der Waals surface area (Å²) < 4.78 is 15.3. The fourth-order valence-corrected chi connectivity index (χ4v) is 1.97. The van der Waals surface area contributed by atoms with Crippen LogP contribution in [0.3, 0.4) is 0 Å². The van der Waals surface area contributed by atoms with Gasteiger partial charge < -0.3 is 14.0 Å². The van der Waals surface area contributed by atoms with Crippen molar-refractivity contribution in [3.63, 3.8) is 0 Å². The van der Waals surface area contributed by atoms with Gasteiger partial charge in [-0.1, -0.05) is 16.8 Å². The molecule has 1 heterocycles. The van der Waals surface area contributed by atoms with E-state index in [-0.39, 0.29) is 18.8 Å². The minimum Gasteiger partial charge on any atom is -0.495 e. The lowest BCUT2D eigenvalue weighted by Gasteiger charge is -2.02. The lowest BCUT2D eigenvalue weighted by molar-refractivity contribution is -0.122. The molecule has 0 aliphatic heterocycles. The number of hydrogen-bond donors (Lipinski definition) is 0. The Kier molecular flexibility index (Phi) is 4.39. The van der Waals surface area contributed by atoms with Crippen LogP contribution < -0.4 is 4.74 Å². The second-order valence-corrected chi connectivity index (χ2v) is 4.37. The number of fused-ring (bicyclic) bond motifs is 1. The van der Waals surface area contributed by atoms with E-state index in [1.807, 2.05) is 6.92 Å². The molecule has 0 radical (unpaired) electrons. The van der Waals surface area contributed by atoms with Gasteiger partial charge in [0.1, 0.15) is 12.4 Å². The Labute approximate surface area is 115 Å². The molecule has 2 aromatic rings. The summed E-state index contributed by atoms with van der Waals surface area (Å²) in [5.74, 6) is 0.460. The molecular formula is C13H14ClNO4. The molecule has 0 bridgehead atoms. The van der Waals surface area contributed by atoms with Gasteiger partial charge >= 0.3 is 0 Å². The number of benzene rings is 1. The lowest BCUT2D eigenvalue weighted by atomic mass is 10.1. The highest BCUT2D eigenvalue weighted by Crippen LogP contribution is 2.31. The van der Waals surface area contributed by atoms with Crippen LogP contribution in [0.2, 0.25) is 5.02 Å². The van der Waals surface area contributed by atoms with Crippen LogP contribution in [0.15, 0.2) is 16.7 Å². The van der Waals surface area contributed by atoms with Crippen LogP contribution in [0.1, 0.15) is 12.6 Å². The van der Waals surface area contributed by atoms with Crippen LogP contribution in [0.4, 0.5) is 0 Å². The smallest absolute Gasteiger partial charge is 0.170 e. The number of rotatable bonds is 6. The Hall–Kier alpha value is -1.59. The molecule has 0 saturated heterocycles. The van der Waals surface area contributed by atoms with Gasteiger partial charge in [-0.05, 0) is 13.0 Å². The number of carbonyl (C=O) groups excluding carboxylic acids is 1. The number of nitrogens with zero attached hydrogens (tertiary/aromatic N) is 1. The molecule has 0 saturated carbocycles. The molecule has 0 N–H and O–H groups in total. The van der Waals surface area contributed by atoms with Gasteiger partial charge in [0.25, 0.3) is 0 Å². The highest BCUT2D eigenvalue weighted by molar-refractivity contribution is 6.32. The average Bonchev–Trinajstić information content (AvgIpc) is 2.77. The normalized spacial score (nSPS) is 10.9. The quantitative estimate of drug-likeness (QED) is 0.815. The molecule has 1 aromatic heterocycles. The second kappa shape index (κ2) is 6.04. The van der Waals surface area contributed by atoms with Crippen LogP contribution in [-0.4, -0.2) is 31.3 Å². The molecule has 0 fully saturated rings. The maximum Gasteiger partial charge on any atom is 0.170 e. The molecule has 19 heavy (non-hydrogen) atoms. The first-order valence-corrected chi connectivity index (χ1v) is 6.24. The van der Waals surface area contributed by atoms with Gasteiger partial charge in [0, 0.05) is 18.1 Å². The Bertz CT molecular complexity index is 594. The standard InChI is InChI=1S/C13H14ClNO4/c1-3-18-7-8(16)4-11-9-5-10(14)13(17-2)6-12(9)19-15-11/h5-6H,3-4,7H2,1-2H3. The summed E-state index contributed by atoms with van der Waals surface area (Å²) in [4.78, 5) is 11.7. The van der Waals surface area contributed by atoms with E-state index in [1.54, 1.807) is 12.1 Å². The molecule has 5 nitrogen and oxygen atoms in total. The molecule has 0 amide bonds. The first-order chi connectivity index (χ1) is 9.15. The molecule has 102 valence electrons. The molecule has 2 rings (SSSR count). The summed E-state index contributed by atoms with van der Waals surface area (Å²) in [6.45, 7) is 2.42. The summed E-state index contributed by atoms with van der Waals surface area (Å²) in [6, 6.07) is 3.34. The lowest BCUT2D eigenvalue weighted by Crippen LogP contribution is -2.11. The van der Waals surface area contributed by atoms with Crippen molar-refractivity contribution >= 4 is 28.4 Å². The highest BCUT2D eigenvalue weighted by atomic mass is 35.5. The number of methoxy groups -OCH3 is 1. The highest BCUT2D eigenvalue weighted by Gasteiger charge is 2.15. The van der Waals surface area contributed by atoms with Gasteiger partial charge in [-0.3, -0.25) is 4.79 Å². The SMILES string of the molecule is CCOCC(=O)Cc1noc2cc(OC)c(Cl)cc12. The number of ketones is 1. The van der Waals surface area contributed by atoms with Gasteiger partial charge in [-0.15, -0.1) is 0 Å². The number of carbonyl (C=O) groups is 1. The zero-order valence-corrected chi connectivity index (χ0v) is 11.5. The second-order valence-electron chi connectivity index (χ2n) is 3.96. The van der Waals surface area contributed by atoms with Crippen molar-refractivity contribution < 1.29 is 18.8 Å². The predicted octanol–water partition coefficient (Wildman–Crippen LogP) is 2.64. The first-order valence-electron chi connectivity index (χ1n) is 5.87. The maximum atomic E-state index is 11.7. The van der Waals surface area contributed by atoms with Crippen molar-refractivity contribution in [2.45, 2.75) is 13.3 Å². The van der Waals surface area contributed by atoms with E-state index in [9.17, 15) is 4.79 Å². The van der Waals surface area contributed by atoms with Gasteiger partial charge in [0.2, 0.25) is 0 Å². The topological polar surface area (TPSA) is 61.6 Å². The summed E-state index contributed by atoms with van der Waals surface area (Å²) in [6.07, 6.45) is 0.162. The van der Waals surface area contributed by atoms with Crippen LogP contribution in [0, 0.1) is 0 Å². The fourth-order valence-electron chi connectivity index (χ4n) is 1.73. The number of hydrogen-bond acceptors (Lipinski definition) is 5. The number of ether oxygens (including phenoxy) is 2.